The molecule has 1 unspecified atom stereocenters. The molecule has 0 aliphatic rings. The average Bonchev–Trinajstić information content (AvgIpc) is 2.40. The van der Waals surface area contributed by atoms with E-state index in [1.165, 1.54) is 6.07 Å². The molecular weight excluding hydrogens is 227 g/mol. The summed E-state index contributed by atoms with van der Waals surface area (Å²) >= 11 is 0. The third kappa shape index (κ3) is 2.57. The van der Waals surface area contributed by atoms with Crippen LogP contribution in [-0.2, 0) is 11.8 Å². The van der Waals surface area contributed by atoms with Gasteiger partial charge in [-0.3, -0.25) is 4.98 Å². The predicted molar refractivity (Wildman–Crippen MR) is 70.7 cm³/mol. The fourth-order valence-corrected chi connectivity index (χ4v) is 2.18. The maximum absolute atomic E-state index is 13.9. The number of nitrogens with two attached hydrogens (primary N) is 1. The third-order valence-electron chi connectivity index (χ3n) is 3.32. The van der Waals surface area contributed by atoms with E-state index in [2.05, 4.69) is 4.98 Å². The van der Waals surface area contributed by atoms with Gasteiger partial charge in [0.05, 0.1) is 0 Å². The van der Waals surface area contributed by atoms with E-state index in [1.807, 2.05) is 31.2 Å². The molecule has 2 nitrogen and oxygen atoms in total. The molecule has 0 saturated heterocycles. The highest BCUT2D eigenvalue weighted by atomic mass is 19.1. The Labute approximate surface area is 107 Å². The van der Waals surface area contributed by atoms with Crippen molar-refractivity contribution in [1.82, 2.24) is 4.98 Å². The Morgan fingerprint density at radius 3 is 2.44 bits per heavy atom. The SMILES string of the molecule is CC(CN)(Cc1ccncc1)c1ccccc1F. The summed E-state index contributed by atoms with van der Waals surface area (Å²) in [5.41, 5.74) is 7.26. The zero-order chi connectivity index (χ0) is 13.0. The van der Waals surface area contributed by atoms with Crippen LogP contribution in [0.3, 0.4) is 0 Å². The van der Waals surface area contributed by atoms with Gasteiger partial charge in [-0.2, -0.15) is 0 Å². The summed E-state index contributed by atoms with van der Waals surface area (Å²) in [4.78, 5) is 3.99. The molecular formula is C15H17FN2. The number of benzene rings is 1. The van der Waals surface area contributed by atoms with E-state index in [9.17, 15) is 4.39 Å². The molecule has 1 heterocycles. The first-order valence-corrected chi connectivity index (χ1v) is 6.00. The molecule has 18 heavy (non-hydrogen) atoms. The van der Waals surface area contributed by atoms with E-state index >= 15 is 0 Å². The maximum Gasteiger partial charge on any atom is 0.127 e. The number of aromatic nitrogens is 1. The minimum Gasteiger partial charge on any atom is -0.330 e. The van der Waals surface area contributed by atoms with E-state index in [4.69, 9.17) is 5.73 Å². The number of pyridine rings is 1. The lowest BCUT2D eigenvalue weighted by atomic mass is 9.77. The van der Waals surface area contributed by atoms with Crippen molar-refractivity contribution in [3.63, 3.8) is 0 Å². The van der Waals surface area contributed by atoms with E-state index in [-0.39, 0.29) is 5.82 Å². The van der Waals surface area contributed by atoms with Crippen LogP contribution in [0.4, 0.5) is 4.39 Å². The molecule has 0 amide bonds. The second kappa shape index (κ2) is 5.27. The van der Waals surface area contributed by atoms with Gasteiger partial charge < -0.3 is 5.73 Å². The molecule has 0 radical (unpaired) electrons. The Morgan fingerprint density at radius 1 is 1.17 bits per heavy atom. The largest absolute Gasteiger partial charge is 0.330 e. The Bertz CT molecular complexity index is 513. The fraction of sp³-hybridized carbons (Fsp3) is 0.267. The lowest BCUT2D eigenvalue weighted by molar-refractivity contribution is 0.450. The van der Waals surface area contributed by atoms with E-state index < -0.39 is 5.41 Å². The highest BCUT2D eigenvalue weighted by Gasteiger charge is 2.28. The summed E-state index contributed by atoms with van der Waals surface area (Å²) in [5.74, 6) is -0.195. The van der Waals surface area contributed by atoms with Gasteiger partial charge in [-0.25, -0.2) is 4.39 Å². The normalized spacial score (nSPS) is 14.2. The van der Waals surface area contributed by atoms with Crippen LogP contribution in [0.25, 0.3) is 0 Å². The summed E-state index contributed by atoms with van der Waals surface area (Å²) in [6, 6.07) is 10.7. The summed E-state index contributed by atoms with van der Waals surface area (Å²) in [7, 11) is 0. The zero-order valence-electron chi connectivity index (χ0n) is 10.4. The molecule has 3 heteroatoms. The van der Waals surface area contributed by atoms with Gasteiger partial charge >= 0.3 is 0 Å². The van der Waals surface area contributed by atoms with Crippen molar-refractivity contribution in [1.29, 1.82) is 0 Å². The molecule has 2 N–H and O–H groups in total. The number of hydrogen-bond acceptors (Lipinski definition) is 2. The first kappa shape index (κ1) is 12.7. The topological polar surface area (TPSA) is 38.9 Å². The average molecular weight is 244 g/mol. The first-order valence-electron chi connectivity index (χ1n) is 6.00. The van der Waals surface area contributed by atoms with Crippen molar-refractivity contribution in [3.05, 3.63) is 65.7 Å². The van der Waals surface area contributed by atoms with E-state index in [0.29, 0.717) is 18.5 Å². The van der Waals surface area contributed by atoms with Crippen LogP contribution in [0.5, 0.6) is 0 Å². The Kier molecular flexibility index (Phi) is 3.72. The van der Waals surface area contributed by atoms with Crippen LogP contribution in [0.15, 0.2) is 48.8 Å². The summed E-state index contributed by atoms with van der Waals surface area (Å²) in [6.45, 7) is 2.39. The molecule has 1 aromatic heterocycles. The number of hydrogen-bond donors (Lipinski definition) is 1. The number of rotatable bonds is 4. The van der Waals surface area contributed by atoms with Gasteiger partial charge in [0.2, 0.25) is 0 Å². The second-order valence-electron chi connectivity index (χ2n) is 4.78. The quantitative estimate of drug-likeness (QED) is 0.898. The van der Waals surface area contributed by atoms with E-state index in [1.54, 1.807) is 18.5 Å². The molecule has 94 valence electrons. The van der Waals surface area contributed by atoms with Gasteiger partial charge in [0.25, 0.3) is 0 Å². The van der Waals surface area contributed by atoms with Gasteiger partial charge in [0.1, 0.15) is 5.82 Å². The number of halogens is 1. The van der Waals surface area contributed by atoms with Gasteiger partial charge in [-0.05, 0) is 35.7 Å². The van der Waals surface area contributed by atoms with E-state index in [0.717, 1.165) is 5.56 Å². The van der Waals surface area contributed by atoms with Gasteiger partial charge in [-0.15, -0.1) is 0 Å². The molecule has 0 fully saturated rings. The van der Waals surface area contributed by atoms with Crippen molar-refractivity contribution in [3.8, 4) is 0 Å². The minimum absolute atomic E-state index is 0.195. The Hall–Kier alpha value is -1.74. The smallest absolute Gasteiger partial charge is 0.127 e. The van der Waals surface area contributed by atoms with Gasteiger partial charge in [0, 0.05) is 24.4 Å². The van der Waals surface area contributed by atoms with Crippen molar-refractivity contribution >= 4 is 0 Å². The zero-order valence-corrected chi connectivity index (χ0v) is 10.4. The predicted octanol–water partition coefficient (Wildman–Crippen LogP) is 2.68. The molecule has 0 bridgehead atoms. The summed E-state index contributed by atoms with van der Waals surface area (Å²) in [5, 5.41) is 0. The highest BCUT2D eigenvalue weighted by Crippen LogP contribution is 2.29. The molecule has 2 aromatic rings. The van der Waals surface area contributed by atoms with Gasteiger partial charge in [-0.1, -0.05) is 25.1 Å². The Balaban J connectivity index is 2.34. The lowest BCUT2D eigenvalue weighted by Gasteiger charge is -2.29. The molecule has 0 aliphatic carbocycles. The molecule has 0 spiro atoms. The maximum atomic E-state index is 13.9. The fourth-order valence-electron chi connectivity index (χ4n) is 2.18. The summed E-state index contributed by atoms with van der Waals surface area (Å²) in [6.07, 6.45) is 4.19. The monoisotopic (exact) mass is 244 g/mol. The molecule has 2 rings (SSSR count). The van der Waals surface area contributed by atoms with Crippen LogP contribution < -0.4 is 5.73 Å². The molecule has 0 aliphatic heterocycles. The van der Waals surface area contributed by atoms with Crippen molar-refractivity contribution in [2.45, 2.75) is 18.8 Å². The number of nitrogens with zero attached hydrogens (tertiary/aromatic N) is 1. The standard InChI is InChI=1S/C15H17FN2/c1-15(11-17,10-12-6-8-18-9-7-12)13-4-2-3-5-14(13)16/h2-9H,10-11,17H2,1H3. The molecule has 1 aromatic carbocycles. The molecule has 0 saturated carbocycles. The molecule has 1 atom stereocenters. The Morgan fingerprint density at radius 2 is 1.83 bits per heavy atom. The van der Waals surface area contributed by atoms with Crippen LogP contribution >= 0.6 is 0 Å². The van der Waals surface area contributed by atoms with Gasteiger partial charge in [0.15, 0.2) is 0 Å². The van der Waals surface area contributed by atoms with Crippen LogP contribution in [-0.4, -0.2) is 11.5 Å². The second-order valence-corrected chi connectivity index (χ2v) is 4.78. The first-order chi connectivity index (χ1) is 8.65. The van der Waals surface area contributed by atoms with Crippen molar-refractivity contribution in [2.24, 2.45) is 5.73 Å². The lowest BCUT2D eigenvalue weighted by Crippen LogP contribution is -2.35. The van der Waals surface area contributed by atoms with Crippen molar-refractivity contribution < 1.29 is 4.39 Å². The summed E-state index contributed by atoms with van der Waals surface area (Å²) < 4.78 is 13.9. The minimum atomic E-state index is -0.396. The van der Waals surface area contributed by atoms with Crippen LogP contribution in [0, 0.1) is 5.82 Å². The van der Waals surface area contributed by atoms with Crippen LogP contribution in [0.1, 0.15) is 18.1 Å². The van der Waals surface area contributed by atoms with Crippen molar-refractivity contribution in [2.75, 3.05) is 6.54 Å². The third-order valence-corrected chi connectivity index (χ3v) is 3.32. The highest BCUT2D eigenvalue weighted by molar-refractivity contribution is 5.30. The van der Waals surface area contributed by atoms with Crippen LogP contribution in [0.2, 0.25) is 0 Å².